The van der Waals surface area contributed by atoms with E-state index in [9.17, 15) is 4.79 Å². The van der Waals surface area contributed by atoms with Crippen LogP contribution in [0.15, 0.2) is 61.2 Å². The van der Waals surface area contributed by atoms with Crippen LogP contribution in [0.3, 0.4) is 0 Å². The molecule has 1 aromatic carbocycles. The van der Waals surface area contributed by atoms with Gasteiger partial charge >= 0.3 is 0 Å². The van der Waals surface area contributed by atoms with E-state index in [1.165, 1.54) is 0 Å². The summed E-state index contributed by atoms with van der Waals surface area (Å²) in [6, 6.07) is 12.0. The Kier molecular flexibility index (Phi) is 5.26. The lowest BCUT2D eigenvalue weighted by molar-refractivity contribution is 0.0748. The van der Waals surface area contributed by atoms with Gasteiger partial charge in [0.15, 0.2) is 5.65 Å². The molecule has 0 saturated carbocycles. The van der Waals surface area contributed by atoms with Crippen molar-refractivity contribution in [2.24, 2.45) is 0 Å². The van der Waals surface area contributed by atoms with Gasteiger partial charge in [0.2, 0.25) is 0 Å². The van der Waals surface area contributed by atoms with Crippen LogP contribution < -0.4 is 4.90 Å². The number of carbonyl (C=O) groups excluding carboxylic acids is 1. The van der Waals surface area contributed by atoms with Crippen LogP contribution in [0.25, 0.3) is 22.3 Å². The Morgan fingerprint density at radius 2 is 1.78 bits per heavy atom. The molecule has 4 heterocycles. The molecule has 3 aromatic heterocycles. The Hall–Kier alpha value is -3.81. The molecule has 4 aromatic rings. The van der Waals surface area contributed by atoms with Gasteiger partial charge in [-0.2, -0.15) is 5.10 Å². The lowest BCUT2D eigenvalue weighted by Crippen LogP contribution is -2.49. The predicted molar refractivity (Wildman–Crippen MR) is 123 cm³/mol. The van der Waals surface area contributed by atoms with Gasteiger partial charge in [-0.1, -0.05) is 30.3 Å². The highest BCUT2D eigenvalue weighted by atomic mass is 16.2. The summed E-state index contributed by atoms with van der Waals surface area (Å²) >= 11 is 0. The summed E-state index contributed by atoms with van der Waals surface area (Å²) in [5, 5.41) is 5.32. The molecule has 8 nitrogen and oxygen atoms in total. The maximum absolute atomic E-state index is 13.6. The van der Waals surface area contributed by atoms with Crippen molar-refractivity contribution in [3.8, 4) is 11.3 Å². The van der Waals surface area contributed by atoms with Crippen LogP contribution in [0.1, 0.15) is 30.2 Å². The maximum atomic E-state index is 13.6. The van der Waals surface area contributed by atoms with Crippen LogP contribution in [0.2, 0.25) is 0 Å². The van der Waals surface area contributed by atoms with Crippen molar-refractivity contribution in [2.75, 3.05) is 31.1 Å². The summed E-state index contributed by atoms with van der Waals surface area (Å²) in [6.07, 6.45) is 6.88. The first kappa shape index (κ1) is 20.1. The Balaban J connectivity index is 1.48. The first-order valence-corrected chi connectivity index (χ1v) is 10.9. The molecule has 0 bridgehead atoms. The number of carbonyl (C=O) groups is 1. The van der Waals surface area contributed by atoms with E-state index in [2.05, 4.69) is 33.8 Å². The number of hydrogen-bond donors (Lipinski definition) is 0. The fraction of sp³-hybridized carbons (Fsp3) is 0.292. The van der Waals surface area contributed by atoms with E-state index in [-0.39, 0.29) is 11.9 Å². The van der Waals surface area contributed by atoms with Crippen LogP contribution in [-0.4, -0.2) is 61.7 Å². The Morgan fingerprint density at radius 1 is 1.00 bits per heavy atom. The van der Waals surface area contributed by atoms with E-state index in [0.29, 0.717) is 18.7 Å². The van der Waals surface area contributed by atoms with Crippen LogP contribution in [0.4, 0.5) is 5.82 Å². The number of anilines is 1. The molecule has 5 rings (SSSR count). The van der Waals surface area contributed by atoms with Gasteiger partial charge in [-0.3, -0.25) is 9.78 Å². The van der Waals surface area contributed by atoms with Crippen molar-refractivity contribution in [3.05, 3.63) is 66.7 Å². The largest absolute Gasteiger partial charge is 0.352 e. The van der Waals surface area contributed by atoms with Gasteiger partial charge in [0.1, 0.15) is 5.82 Å². The zero-order valence-corrected chi connectivity index (χ0v) is 18.2. The van der Waals surface area contributed by atoms with Gasteiger partial charge in [-0.05, 0) is 19.9 Å². The number of amides is 1. The van der Waals surface area contributed by atoms with E-state index < -0.39 is 0 Å². The molecule has 0 radical (unpaired) electrons. The van der Waals surface area contributed by atoms with E-state index in [4.69, 9.17) is 4.98 Å². The van der Waals surface area contributed by atoms with Crippen LogP contribution >= 0.6 is 0 Å². The second kappa shape index (κ2) is 8.37. The second-order valence-corrected chi connectivity index (χ2v) is 8.18. The molecule has 8 heteroatoms. The number of piperazine rings is 1. The molecule has 1 aliphatic heterocycles. The monoisotopic (exact) mass is 427 g/mol. The van der Waals surface area contributed by atoms with Crippen LogP contribution in [-0.2, 0) is 0 Å². The topological polar surface area (TPSA) is 80.0 Å². The van der Waals surface area contributed by atoms with Crippen molar-refractivity contribution in [1.82, 2.24) is 29.6 Å². The Bertz CT molecular complexity index is 1230. The minimum atomic E-state index is 0.0108. The zero-order valence-electron chi connectivity index (χ0n) is 18.2. The van der Waals surface area contributed by atoms with E-state index >= 15 is 0 Å². The molecule has 0 atom stereocenters. The molecule has 0 spiro atoms. The van der Waals surface area contributed by atoms with Crippen molar-refractivity contribution in [2.45, 2.75) is 19.9 Å². The number of rotatable bonds is 4. The highest BCUT2D eigenvalue weighted by Crippen LogP contribution is 2.27. The minimum Gasteiger partial charge on any atom is -0.352 e. The number of nitrogens with zero attached hydrogens (tertiary/aromatic N) is 7. The first-order valence-electron chi connectivity index (χ1n) is 10.9. The summed E-state index contributed by atoms with van der Waals surface area (Å²) in [7, 11) is 0. The smallest absolute Gasteiger partial charge is 0.254 e. The molecule has 1 amide bonds. The van der Waals surface area contributed by atoms with E-state index in [1.54, 1.807) is 24.8 Å². The van der Waals surface area contributed by atoms with Crippen LogP contribution in [0.5, 0.6) is 0 Å². The third-order valence-corrected chi connectivity index (χ3v) is 5.80. The average molecular weight is 428 g/mol. The zero-order chi connectivity index (χ0) is 22.1. The number of pyridine rings is 1. The third-order valence-electron chi connectivity index (χ3n) is 5.80. The SMILES string of the molecule is CC(C)n1ncc2c(C(=O)N3CCN(c4cnccn4)CC3)cc(-c3ccccc3)nc21. The van der Waals surface area contributed by atoms with Gasteiger partial charge in [0.05, 0.1) is 29.0 Å². The van der Waals surface area contributed by atoms with Gasteiger partial charge in [0.25, 0.3) is 5.91 Å². The lowest BCUT2D eigenvalue weighted by Gasteiger charge is -2.35. The number of hydrogen-bond acceptors (Lipinski definition) is 6. The van der Waals surface area contributed by atoms with Gasteiger partial charge in [0, 0.05) is 50.2 Å². The van der Waals surface area contributed by atoms with Gasteiger partial charge < -0.3 is 9.80 Å². The average Bonchev–Trinajstić information content (AvgIpc) is 3.29. The summed E-state index contributed by atoms with van der Waals surface area (Å²) in [5.74, 6) is 0.854. The molecule has 0 N–H and O–H groups in total. The molecular formula is C24H25N7O. The summed E-state index contributed by atoms with van der Waals surface area (Å²) < 4.78 is 1.88. The second-order valence-electron chi connectivity index (χ2n) is 8.18. The highest BCUT2D eigenvalue weighted by Gasteiger charge is 2.26. The molecule has 1 fully saturated rings. The highest BCUT2D eigenvalue weighted by molar-refractivity contribution is 6.06. The van der Waals surface area contributed by atoms with Crippen molar-refractivity contribution < 1.29 is 4.79 Å². The molecule has 0 aliphatic carbocycles. The van der Waals surface area contributed by atoms with Gasteiger partial charge in [-0.15, -0.1) is 0 Å². The summed E-state index contributed by atoms with van der Waals surface area (Å²) in [4.78, 5) is 31.1. The lowest BCUT2D eigenvalue weighted by atomic mass is 10.1. The van der Waals surface area contributed by atoms with Crippen molar-refractivity contribution >= 4 is 22.8 Å². The normalized spacial score (nSPS) is 14.3. The van der Waals surface area contributed by atoms with Crippen molar-refractivity contribution in [3.63, 3.8) is 0 Å². The Morgan fingerprint density at radius 3 is 2.47 bits per heavy atom. The third kappa shape index (κ3) is 3.68. The van der Waals surface area contributed by atoms with Gasteiger partial charge in [-0.25, -0.2) is 14.6 Å². The fourth-order valence-corrected chi connectivity index (χ4v) is 4.09. The summed E-state index contributed by atoms with van der Waals surface area (Å²) in [6.45, 7) is 6.81. The number of aromatic nitrogens is 5. The van der Waals surface area contributed by atoms with E-state index in [0.717, 1.165) is 41.2 Å². The standard InChI is InChI=1S/C24H25N7O/c1-17(2)31-23-20(15-27-31)19(14-21(28-23)18-6-4-3-5-7-18)24(32)30-12-10-29(11-13-30)22-16-25-8-9-26-22/h3-9,14-17H,10-13H2,1-2H3. The Labute approximate surface area is 186 Å². The van der Waals surface area contributed by atoms with E-state index in [1.807, 2.05) is 46.0 Å². The first-order chi connectivity index (χ1) is 15.6. The number of benzene rings is 1. The summed E-state index contributed by atoms with van der Waals surface area (Å²) in [5.41, 5.74) is 3.14. The number of fused-ring (bicyclic) bond motifs is 1. The molecule has 0 unspecified atom stereocenters. The fourth-order valence-electron chi connectivity index (χ4n) is 4.09. The quantitative estimate of drug-likeness (QED) is 0.496. The predicted octanol–water partition coefficient (Wildman–Crippen LogP) is 3.43. The molecular weight excluding hydrogens is 402 g/mol. The van der Waals surface area contributed by atoms with Crippen LogP contribution in [0, 0.1) is 0 Å². The molecule has 1 saturated heterocycles. The molecule has 32 heavy (non-hydrogen) atoms. The molecule has 1 aliphatic rings. The maximum Gasteiger partial charge on any atom is 0.254 e. The molecule has 162 valence electrons. The minimum absolute atomic E-state index is 0.0108. The van der Waals surface area contributed by atoms with Crippen molar-refractivity contribution in [1.29, 1.82) is 0 Å².